The van der Waals surface area contributed by atoms with Gasteiger partial charge in [0.15, 0.2) is 0 Å². The molecule has 104 valence electrons. The van der Waals surface area contributed by atoms with Gasteiger partial charge in [-0.3, -0.25) is 9.59 Å². The zero-order chi connectivity index (χ0) is 13.8. The van der Waals surface area contributed by atoms with Crippen LogP contribution < -0.4 is 16.4 Å². The van der Waals surface area contributed by atoms with E-state index in [0.29, 0.717) is 25.9 Å². The molecule has 18 heavy (non-hydrogen) atoms. The summed E-state index contributed by atoms with van der Waals surface area (Å²) in [5.74, 6) is -0.0817. The molecule has 1 aliphatic rings. The van der Waals surface area contributed by atoms with Gasteiger partial charge in [-0.1, -0.05) is 20.8 Å². The fraction of sp³-hybridized carbons (Fsp3) is 0.846. The maximum Gasteiger partial charge on any atom is 0.224 e. The lowest BCUT2D eigenvalue weighted by Crippen LogP contribution is -2.50. The van der Waals surface area contributed by atoms with E-state index in [2.05, 4.69) is 31.4 Å². The molecule has 1 rings (SSSR count). The van der Waals surface area contributed by atoms with Crippen molar-refractivity contribution < 1.29 is 9.59 Å². The van der Waals surface area contributed by atoms with Gasteiger partial charge in [0.25, 0.3) is 0 Å². The van der Waals surface area contributed by atoms with Crippen LogP contribution in [0.5, 0.6) is 0 Å². The molecule has 0 bridgehead atoms. The van der Waals surface area contributed by atoms with E-state index in [-0.39, 0.29) is 29.2 Å². The largest absolute Gasteiger partial charge is 0.354 e. The van der Waals surface area contributed by atoms with E-state index < -0.39 is 0 Å². The molecule has 5 heteroatoms. The summed E-state index contributed by atoms with van der Waals surface area (Å²) in [7, 11) is 0. The lowest BCUT2D eigenvalue weighted by Gasteiger charge is -2.28. The van der Waals surface area contributed by atoms with Crippen molar-refractivity contribution in [2.24, 2.45) is 17.1 Å². The van der Waals surface area contributed by atoms with Gasteiger partial charge in [0.1, 0.15) is 0 Å². The van der Waals surface area contributed by atoms with Gasteiger partial charge in [0.2, 0.25) is 11.8 Å². The Morgan fingerprint density at radius 1 is 1.56 bits per heavy atom. The third-order valence-electron chi connectivity index (χ3n) is 3.13. The minimum absolute atomic E-state index is 0.00794. The molecule has 1 aliphatic heterocycles. The molecule has 1 heterocycles. The standard InChI is InChI=1S/C13H25N3O2/c1-13(2,3)6-9(7-14)12(18)16-10-4-5-11(17)15-8-10/h9-10H,4-8,14H2,1-3H3,(H,15,17)(H,16,18). The number of nitrogens with one attached hydrogen (secondary N) is 2. The highest BCUT2D eigenvalue weighted by molar-refractivity contribution is 5.80. The van der Waals surface area contributed by atoms with Crippen molar-refractivity contribution in [1.29, 1.82) is 0 Å². The molecule has 1 saturated heterocycles. The van der Waals surface area contributed by atoms with Gasteiger partial charge in [-0.15, -0.1) is 0 Å². The van der Waals surface area contributed by atoms with Crippen molar-refractivity contribution in [3.8, 4) is 0 Å². The van der Waals surface area contributed by atoms with Gasteiger partial charge in [0, 0.05) is 25.6 Å². The Kier molecular flexibility index (Phi) is 5.14. The van der Waals surface area contributed by atoms with E-state index in [1.165, 1.54) is 0 Å². The molecule has 0 aromatic heterocycles. The highest BCUT2D eigenvalue weighted by Gasteiger charge is 2.26. The number of rotatable bonds is 4. The van der Waals surface area contributed by atoms with Gasteiger partial charge < -0.3 is 16.4 Å². The van der Waals surface area contributed by atoms with Crippen LogP contribution in [0.1, 0.15) is 40.0 Å². The maximum atomic E-state index is 12.1. The number of piperidine rings is 1. The van der Waals surface area contributed by atoms with Crippen molar-refractivity contribution in [3.63, 3.8) is 0 Å². The van der Waals surface area contributed by atoms with Gasteiger partial charge in [-0.2, -0.15) is 0 Å². The second kappa shape index (κ2) is 6.18. The zero-order valence-corrected chi connectivity index (χ0v) is 11.6. The normalized spacial score (nSPS) is 22.2. The first-order valence-corrected chi connectivity index (χ1v) is 6.59. The number of hydrogen-bond acceptors (Lipinski definition) is 3. The first-order valence-electron chi connectivity index (χ1n) is 6.59. The number of amides is 2. The Morgan fingerprint density at radius 2 is 2.22 bits per heavy atom. The third-order valence-corrected chi connectivity index (χ3v) is 3.13. The molecule has 2 atom stereocenters. The number of nitrogens with two attached hydrogens (primary N) is 1. The van der Waals surface area contributed by atoms with Crippen molar-refractivity contribution >= 4 is 11.8 Å². The Morgan fingerprint density at radius 3 is 2.67 bits per heavy atom. The Bertz CT molecular complexity index is 300. The van der Waals surface area contributed by atoms with Crippen LogP contribution in [0.3, 0.4) is 0 Å². The second-order valence-electron chi connectivity index (χ2n) is 6.25. The van der Waals surface area contributed by atoms with E-state index in [1.807, 2.05) is 0 Å². The molecule has 0 aromatic rings. The SMILES string of the molecule is CC(C)(C)CC(CN)C(=O)NC1CCC(=O)NC1. The fourth-order valence-electron chi connectivity index (χ4n) is 2.20. The van der Waals surface area contributed by atoms with Crippen molar-refractivity contribution in [1.82, 2.24) is 10.6 Å². The predicted octanol–water partition coefficient (Wildman–Crippen LogP) is 0.392. The van der Waals surface area contributed by atoms with Crippen LogP contribution in [0.4, 0.5) is 0 Å². The highest BCUT2D eigenvalue weighted by Crippen LogP contribution is 2.24. The molecule has 0 saturated carbocycles. The monoisotopic (exact) mass is 255 g/mol. The van der Waals surface area contributed by atoms with E-state index in [0.717, 1.165) is 6.42 Å². The Hall–Kier alpha value is -1.10. The smallest absolute Gasteiger partial charge is 0.224 e. The Labute approximate surface area is 109 Å². The summed E-state index contributed by atoms with van der Waals surface area (Å²) in [6, 6.07) is 0.0456. The molecule has 1 fully saturated rings. The topological polar surface area (TPSA) is 84.2 Å². The van der Waals surface area contributed by atoms with Crippen LogP contribution >= 0.6 is 0 Å². The zero-order valence-electron chi connectivity index (χ0n) is 11.6. The quantitative estimate of drug-likeness (QED) is 0.679. The number of hydrogen-bond donors (Lipinski definition) is 3. The lowest BCUT2D eigenvalue weighted by atomic mass is 9.84. The van der Waals surface area contributed by atoms with Gasteiger partial charge >= 0.3 is 0 Å². The molecule has 2 unspecified atom stereocenters. The van der Waals surface area contributed by atoms with Gasteiger partial charge in [-0.25, -0.2) is 0 Å². The van der Waals surface area contributed by atoms with Crippen molar-refractivity contribution in [2.75, 3.05) is 13.1 Å². The van der Waals surface area contributed by atoms with Crippen LogP contribution in [-0.2, 0) is 9.59 Å². The summed E-state index contributed by atoms with van der Waals surface area (Å²) in [4.78, 5) is 23.1. The molecular formula is C13H25N3O2. The summed E-state index contributed by atoms with van der Waals surface area (Å²) in [5, 5.41) is 5.74. The summed E-state index contributed by atoms with van der Waals surface area (Å²) in [6.45, 7) is 7.19. The molecule has 5 nitrogen and oxygen atoms in total. The van der Waals surface area contributed by atoms with Crippen LogP contribution in [0.15, 0.2) is 0 Å². The van der Waals surface area contributed by atoms with Crippen LogP contribution in [0, 0.1) is 11.3 Å². The highest BCUT2D eigenvalue weighted by atomic mass is 16.2. The average Bonchev–Trinajstić information content (AvgIpc) is 2.27. The van der Waals surface area contributed by atoms with Gasteiger partial charge in [0.05, 0.1) is 5.92 Å². The molecule has 4 N–H and O–H groups in total. The molecule has 0 aromatic carbocycles. The van der Waals surface area contributed by atoms with Crippen LogP contribution in [0.2, 0.25) is 0 Å². The predicted molar refractivity (Wildman–Crippen MR) is 70.8 cm³/mol. The molecular weight excluding hydrogens is 230 g/mol. The molecule has 2 amide bonds. The van der Waals surface area contributed by atoms with E-state index in [1.54, 1.807) is 0 Å². The minimum atomic E-state index is -0.150. The maximum absolute atomic E-state index is 12.1. The number of carbonyl (C=O) groups is 2. The summed E-state index contributed by atoms with van der Waals surface area (Å²) in [6.07, 6.45) is 1.97. The minimum Gasteiger partial charge on any atom is -0.354 e. The fourth-order valence-corrected chi connectivity index (χ4v) is 2.20. The summed E-state index contributed by atoms with van der Waals surface area (Å²) in [5.41, 5.74) is 5.76. The van der Waals surface area contributed by atoms with Crippen molar-refractivity contribution in [3.05, 3.63) is 0 Å². The Balaban J connectivity index is 2.45. The lowest BCUT2D eigenvalue weighted by molar-refractivity contribution is -0.128. The average molecular weight is 255 g/mol. The first kappa shape index (κ1) is 15.0. The van der Waals surface area contributed by atoms with Crippen LogP contribution in [-0.4, -0.2) is 30.9 Å². The van der Waals surface area contributed by atoms with E-state index >= 15 is 0 Å². The summed E-state index contributed by atoms with van der Waals surface area (Å²) >= 11 is 0. The van der Waals surface area contributed by atoms with Gasteiger partial charge in [-0.05, 0) is 18.3 Å². The summed E-state index contributed by atoms with van der Waals surface area (Å²) < 4.78 is 0. The first-order chi connectivity index (χ1) is 8.31. The van der Waals surface area contributed by atoms with E-state index in [4.69, 9.17) is 5.73 Å². The molecule has 0 radical (unpaired) electrons. The van der Waals surface area contributed by atoms with Crippen LogP contribution in [0.25, 0.3) is 0 Å². The number of carbonyl (C=O) groups excluding carboxylic acids is 2. The molecule has 0 spiro atoms. The van der Waals surface area contributed by atoms with Crippen molar-refractivity contribution in [2.45, 2.75) is 46.1 Å². The molecule has 0 aliphatic carbocycles. The third kappa shape index (κ3) is 5.04. The van der Waals surface area contributed by atoms with E-state index in [9.17, 15) is 9.59 Å². The second-order valence-corrected chi connectivity index (χ2v) is 6.25.